The first-order valence-corrected chi connectivity index (χ1v) is 8.94. The summed E-state index contributed by atoms with van der Waals surface area (Å²) in [6.07, 6.45) is 1.05. The van der Waals surface area contributed by atoms with E-state index >= 15 is 0 Å². The summed E-state index contributed by atoms with van der Waals surface area (Å²) >= 11 is 1.83. The minimum Gasteiger partial charge on any atom is -0.358 e. The van der Waals surface area contributed by atoms with E-state index in [1.165, 1.54) is 10.4 Å². The Kier molecular flexibility index (Phi) is 3.58. The lowest BCUT2D eigenvalue weighted by molar-refractivity contribution is 0.0822. The van der Waals surface area contributed by atoms with Crippen molar-refractivity contribution in [3.63, 3.8) is 0 Å². The summed E-state index contributed by atoms with van der Waals surface area (Å²) in [5, 5.41) is 3.19. The molecule has 1 atom stereocenters. The van der Waals surface area contributed by atoms with Crippen LogP contribution in [0.3, 0.4) is 0 Å². The molecule has 3 nitrogen and oxygen atoms in total. The molecular weight excluding hydrogens is 304 g/mol. The first kappa shape index (κ1) is 14.7. The zero-order valence-electron chi connectivity index (χ0n) is 13.4. The van der Waals surface area contributed by atoms with E-state index in [2.05, 4.69) is 21.3 Å². The van der Waals surface area contributed by atoms with Crippen molar-refractivity contribution in [2.45, 2.75) is 32.9 Å². The summed E-state index contributed by atoms with van der Waals surface area (Å²) in [5.74, 6) is 0.221. The zero-order chi connectivity index (χ0) is 16.0. The summed E-state index contributed by atoms with van der Waals surface area (Å²) in [7, 11) is 0. The predicted octanol–water partition coefficient (Wildman–Crippen LogP) is 4.17. The van der Waals surface area contributed by atoms with Crippen molar-refractivity contribution >= 4 is 28.0 Å². The normalized spacial score (nSPS) is 16.4. The highest BCUT2D eigenvalue weighted by atomic mass is 32.1. The number of rotatable bonds is 3. The van der Waals surface area contributed by atoms with E-state index in [9.17, 15) is 4.79 Å². The highest BCUT2D eigenvalue weighted by Crippen LogP contribution is 2.28. The third-order valence-electron chi connectivity index (χ3n) is 4.90. The number of hydrogen-bond acceptors (Lipinski definition) is 3. The van der Waals surface area contributed by atoms with Gasteiger partial charge in [0.1, 0.15) is 0 Å². The maximum Gasteiger partial charge on any atom is 0.182 e. The van der Waals surface area contributed by atoms with Crippen molar-refractivity contribution in [3.8, 4) is 0 Å². The quantitative estimate of drug-likeness (QED) is 0.734. The number of carbonyl (C=O) groups is 1. The lowest BCUT2D eigenvalue weighted by atomic mass is 9.99. The first-order valence-electron chi connectivity index (χ1n) is 8.06. The maximum absolute atomic E-state index is 13.1. The first-order chi connectivity index (χ1) is 11.1. The second kappa shape index (κ2) is 5.62. The third-order valence-corrected chi connectivity index (χ3v) is 5.93. The fourth-order valence-electron chi connectivity index (χ4n) is 3.57. The Bertz CT molecular complexity index is 877. The highest BCUT2D eigenvalue weighted by Gasteiger charge is 2.28. The van der Waals surface area contributed by atoms with E-state index in [0.29, 0.717) is 0 Å². The fourth-order valence-corrected chi connectivity index (χ4v) is 4.46. The van der Waals surface area contributed by atoms with Crippen LogP contribution in [0.15, 0.2) is 35.7 Å². The molecule has 4 heteroatoms. The Labute approximate surface area is 139 Å². The molecule has 0 aliphatic carbocycles. The number of carbonyl (C=O) groups excluding carboxylic acids is 1. The van der Waals surface area contributed by atoms with Gasteiger partial charge in [-0.25, -0.2) is 0 Å². The molecular formula is C19H20N2OS. The van der Waals surface area contributed by atoms with Crippen LogP contribution in [0.4, 0.5) is 0 Å². The molecule has 0 saturated carbocycles. The molecule has 2 aromatic heterocycles. The zero-order valence-corrected chi connectivity index (χ0v) is 14.2. The Morgan fingerprint density at radius 1 is 1.30 bits per heavy atom. The van der Waals surface area contributed by atoms with Crippen molar-refractivity contribution in [1.29, 1.82) is 0 Å². The van der Waals surface area contributed by atoms with Gasteiger partial charge in [-0.15, -0.1) is 11.3 Å². The van der Waals surface area contributed by atoms with Crippen LogP contribution < -0.4 is 0 Å². The van der Waals surface area contributed by atoms with Crippen LogP contribution in [0.25, 0.3) is 10.9 Å². The molecule has 0 fully saturated rings. The molecule has 0 amide bonds. The van der Waals surface area contributed by atoms with E-state index in [4.69, 9.17) is 0 Å². The van der Waals surface area contributed by atoms with Crippen molar-refractivity contribution in [2.24, 2.45) is 0 Å². The number of aryl methyl sites for hydroxylation is 1. The lowest BCUT2D eigenvalue weighted by Gasteiger charge is -2.31. The summed E-state index contributed by atoms with van der Waals surface area (Å²) in [5.41, 5.74) is 4.25. The number of nitrogens with zero attached hydrogens (tertiary/aromatic N) is 1. The van der Waals surface area contributed by atoms with E-state index in [1.807, 2.05) is 49.4 Å². The van der Waals surface area contributed by atoms with Crippen LogP contribution in [0.1, 0.15) is 33.4 Å². The number of benzene rings is 1. The standard InChI is InChI=1S/C19H20N2OS/c1-12-18(15-5-3-4-6-16(15)20-12)19(22)13(2)21-9-7-17-14(11-21)8-10-23-17/h3-6,8,10,13,20H,7,9,11H2,1-2H3/t13-/m0/s1. The van der Waals surface area contributed by atoms with Gasteiger partial charge in [0.25, 0.3) is 0 Å². The van der Waals surface area contributed by atoms with Crippen LogP contribution in [-0.4, -0.2) is 28.3 Å². The average Bonchev–Trinajstić information content (AvgIpc) is 3.15. The topological polar surface area (TPSA) is 36.1 Å². The van der Waals surface area contributed by atoms with E-state index < -0.39 is 0 Å². The number of fused-ring (bicyclic) bond motifs is 2. The maximum atomic E-state index is 13.1. The smallest absolute Gasteiger partial charge is 0.182 e. The highest BCUT2D eigenvalue weighted by molar-refractivity contribution is 7.10. The van der Waals surface area contributed by atoms with Gasteiger partial charge in [-0.2, -0.15) is 0 Å². The number of thiophene rings is 1. The van der Waals surface area contributed by atoms with Crippen LogP contribution >= 0.6 is 11.3 Å². The molecule has 23 heavy (non-hydrogen) atoms. The minimum absolute atomic E-state index is 0.0963. The fraction of sp³-hybridized carbons (Fsp3) is 0.316. The van der Waals surface area contributed by atoms with E-state index in [1.54, 1.807) is 0 Å². The number of Topliss-reactive ketones (excluding diaryl/α,β-unsaturated/α-hetero) is 1. The van der Waals surface area contributed by atoms with Gasteiger partial charge in [0.2, 0.25) is 0 Å². The van der Waals surface area contributed by atoms with E-state index in [-0.39, 0.29) is 11.8 Å². The van der Waals surface area contributed by atoms with Gasteiger partial charge in [-0.05, 0) is 43.3 Å². The van der Waals surface area contributed by atoms with Gasteiger partial charge < -0.3 is 4.98 Å². The van der Waals surface area contributed by atoms with Gasteiger partial charge >= 0.3 is 0 Å². The molecule has 1 N–H and O–H groups in total. The molecule has 4 rings (SSSR count). The average molecular weight is 324 g/mol. The van der Waals surface area contributed by atoms with Crippen molar-refractivity contribution in [3.05, 3.63) is 57.4 Å². The number of nitrogens with one attached hydrogen (secondary N) is 1. The molecule has 0 saturated heterocycles. The molecule has 118 valence electrons. The predicted molar refractivity (Wildman–Crippen MR) is 95.3 cm³/mol. The van der Waals surface area contributed by atoms with Gasteiger partial charge in [-0.3, -0.25) is 9.69 Å². The third kappa shape index (κ3) is 2.42. The summed E-state index contributed by atoms with van der Waals surface area (Å²) in [4.78, 5) is 20.3. The minimum atomic E-state index is -0.0963. The number of H-pyrrole nitrogens is 1. The molecule has 1 aliphatic rings. The van der Waals surface area contributed by atoms with Crippen LogP contribution in [0.5, 0.6) is 0 Å². The van der Waals surface area contributed by atoms with Crippen molar-refractivity contribution in [1.82, 2.24) is 9.88 Å². The molecule has 0 bridgehead atoms. The van der Waals surface area contributed by atoms with Gasteiger partial charge in [0.05, 0.1) is 6.04 Å². The number of para-hydroxylation sites is 1. The van der Waals surface area contributed by atoms with Crippen molar-refractivity contribution in [2.75, 3.05) is 6.54 Å². The van der Waals surface area contributed by atoms with Crippen LogP contribution in [-0.2, 0) is 13.0 Å². The van der Waals surface area contributed by atoms with E-state index in [0.717, 1.165) is 41.7 Å². The Hall–Kier alpha value is -1.91. The number of aromatic nitrogens is 1. The SMILES string of the molecule is Cc1[nH]c2ccccc2c1C(=O)[C@H](C)N1CCc2sccc2C1. The second-order valence-electron chi connectivity index (χ2n) is 6.30. The Balaban J connectivity index is 1.65. The molecule has 1 aromatic carbocycles. The van der Waals surface area contributed by atoms with Gasteiger partial charge in [-0.1, -0.05) is 18.2 Å². The molecule has 0 spiro atoms. The van der Waals surface area contributed by atoms with Crippen LogP contribution in [0, 0.1) is 6.92 Å². The number of ketones is 1. The molecule has 0 radical (unpaired) electrons. The van der Waals surface area contributed by atoms with Crippen LogP contribution in [0.2, 0.25) is 0 Å². The number of hydrogen-bond donors (Lipinski definition) is 1. The van der Waals surface area contributed by atoms with Crippen molar-refractivity contribution < 1.29 is 4.79 Å². The molecule has 3 heterocycles. The monoisotopic (exact) mass is 324 g/mol. The largest absolute Gasteiger partial charge is 0.358 e. The summed E-state index contributed by atoms with van der Waals surface area (Å²) in [6.45, 7) is 5.88. The van der Waals surface area contributed by atoms with Gasteiger partial charge in [0, 0.05) is 40.1 Å². The molecule has 3 aromatic rings. The molecule has 1 aliphatic heterocycles. The molecule has 0 unspecified atom stereocenters. The van der Waals surface area contributed by atoms with Gasteiger partial charge in [0.15, 0.2) is 5.78 Å². The number of aromatic amines is 1. The summed E-state index contributed by atoms with van der Waals surface area (Å²) < 4.78 is 0. The lowest BCUT2D eigenvalue weighted by Crippen LogP contribution is -2.41. The second-order valence-corrected chi connectivity index (χ2v) is 7.30. The summed E-state index contributed by atoms with van der Waals surface area (Å²) in [6, 6.07) is 10.2. The Morgan fingerprint density at radius 2 is 2.13 bits per heavy atom. The Morgan fingerprint density at radius 3 is 3.00 bits per heavy atom.